The summed E-state index contributed by atoms with van der Waals surface area (Å²) in [6.07, 6.45) is 4.01. The van der Waals surface area contributed by atoms with Gasteiger partial charge in [-0.1, -0.05) is 6.42 Å². The van der Waals surface area contributed by atoms with E-state index in [0.29, 0.717) is 17.6 Å². The van der Waals surface area contributed by atoms with E-state index in [4.69, 9.17) is 0 Å². The van der Waals surface area contributed by atoms with Gasteiger partial charge in [0, 0.05) is 10.8 Å². The Bertz CT molecular complexity index is 481. The molecule has 0 radical (unpaired) electrons. The second-order valence-electron chi connectivity index (χ2n) is 5.17. The van der Waals surface area contributed by atoms with E-state index in [1.165, 1.54) is 37.7 Å². The molecule has 0 bridgehead atoms. The number of Topliss-reactive ketones (excluding diaryl/α,β-unsaturated/α-hetero) is 1. The van der Waals surface area contributed by atoms with E-state index in [-0.39, 0.29) is 18.3 Å². The number of rotatable bonds is 4. The number of ether oxygens (including phenoxy) is 1. The van der Waals surface area contributed by atoms with Gasteiger partial charge in [-0.15, -0.1) is 11.3 Å². The Kier molecular flexibility index (Phi) is 2.98. The molecule has 18 heavy (non-hydrogen) atoms. The number of esters is 1. The lowest BCUT2D eigenvalue weighted by Gasteiger charge is -1.99. The zero-order valence-electron chi connectivity index (χ0n) is 10.3. The van der Waals surface area contributed by atoms with E-state index in [1.54, 1.807) is 0 Å². The Morgan fingerprint density at radius 2 is 2.06 bits per heavy atom. The first-order valence-electron chi connectivity index (χ1n) is 6.40. The first kappa shape index (κ1) is 11.9. The maximum atomic E-state index is 12.3. The Balaban J connectivity index is 1.66. The van der Waals surface area contributed by atoms with Gasteiger partial charge in [-0.2, -0.15) is 0 Å². The molecule has 2 atom stereocenters. The minimum Gasteiger partial charge on any atom is -0.469 e. The molecule has 2 aliphatic carbocycles. The number of carbonyl (C=O) groups is 2. The molecule has 0 aliphatic heterocycles. The van der Waals surface area contributed by atoms with Crippen molar-refractivity contribution >= 4 is 23.1 Å². The molecule has 0 saturated heterocycles. The van der Waals surface area contributed by atoms with Crippen molar-refractivity contribution in [2.24, 2.45) is 17.8 Å². The predicted molar refractivity (Wildman–Crippen MR) is 68.7 cm³/mol. The first-order valence-corrected chi connectivity index (χ1v) is 7.22. The highest BCUT2D eigenvalue weighted by Crippen LogP contribution is 2.58. The van der Waals surface area contributed by atoms with Gasteiger partial charge in [-0.25, -0.2) is 0 Å². The van der Waals surface area contributed by atoms with Crippen LogP contribution in [0.5, 0.6) is 0 Å². The quantitative estimate of drug-likeness (QED) is 0.620. The number of carbonyl (C=O) groups excluding carboxylic acids is 2. The molecule has 1 aromatic rings. The average molecular weight is 264 g/mol. The van der Waals surface area contributed by atoms with E-state index in [0.717, 1.165) is 9.75 Å². The summed E-state index contributed by atoms with van der Waals surface area (Å²) in [5.41, 5.74) is 0. The number of thiophene rings is 1. The largest absolute Gasteiger partial charge is 0.469 e. The fraction of sp³-hybridized carbons (Fsp3) is 0.571. The number of hydrogen-bond donors (Lipinski definition) is 0. The highest BCUT2D eigenvalue weighted by Gasteiger charge is 2.56. The lowest BCUT2D eigenvalue weighted by molar-refractivity contribution is -0.139. The van der Waals surface area contributed by atoms with Crippen molar-refractivity contribution in [2.75, 3.05) is 7.11 Å². The number of methoxy groups -OCH3 is 1. The standard InChI is InChI=1S/C14H16O3S/c1-17-12(15)7-8-5-6-11(18-8)14(16)13-9-3-2-4-10(9)13/h5-6,9-10,13H,2-4,7H2,1H3. The van der Waals surface area contributed by atoms with Crippen molar-refractivity contribution in [1.82, 2.24) is 0 Å². The minimum absolute atomic E-state index is 0.251. The van der Waals surface area contributed by atoms with Crippen LogP contribution in [0.15, 0.2) is 12.1 Å². The number of hydrogen-bond acceptors (Lipinski definition) is 4. The summed E-state index contributed by atoms with van der Waals surface area (Å²) in [6.45, 7) is 0. The van der Waals surface area contributed by atoms with Gasteiger partial charge in [-0.3, -0.25) is 9.59 Å². The van der Waals surface area contributed by atoms with Crippen LogP contribution in [0, 0.1) is 17.8 Å². The summed E-state index contributed by atoms with van der Waals surface area (Å²) < 4.78 is 4.63. The maximum absolute atomic E-state index is 12.3. The summed E-state index contributed by atoms with van der Waals surface area (Å²) >= 11 is 1.44. The maximum Gasteiger partial charge on any atom is 0.310 e. The van der Waals surface area contributed by atoms with Crippen molar-refractivity contribution in [1.29, 1.82) is 0 Å². The molecule has 3 rings (SSSR count). The molecule has 0 amide bonds. The fourth-order valence-corrected chi connectivity index (χ4v) is 4.18. The van der Waals surface area contributed by atoms with Crippen LogP contribution in [0.2, 0.25) is 0 Å². The third kappa shape index (κ3) is 1.99. The number of ketones is 1. The fourth-order valence-electron chi connectivity index (χ4n) is 3.19. The molecule has 0 aromatic carbocycles. The Labute approximate surface area is 110 Å². The second kappa shape index (κ2) is 4.50. The second-order valence-corrected chi connectivity index (χ2v) is 6.34. The molecule has 96 valence electrons. The average Bonchev–Trinajstić information content (AvgIpc) is 2.76. The molecule has 1 heterocycles. The molecule has 3 nitrogen and oxygen atoms in total. The first-order chi connectivity index (χ1) is 8.70. The molecule has 1 aromatic heterocycles. The predicted octanol–water partition coefficient (Wildman–Crippen LogP) is 2.69. The molecule has 0 N–H and O–H groups in total. The molecule has 2 fully saturated rings. The van der Waals surface area contributed by atoms with Crippen LogP contribution < -0.4 is 0 Å². The van der Waals surface area contributed by atoms with Gasteiger partial charge in [-0.05, 0) is 36.8 Å². The molecule has 2 aliphatic rings. The molecule has 2 unspecified atom stereocenters. The summed E-state index contributed by atoms with van der Waals surface area (Å²) in [7, 11) is 1.38. The normalized spacial score (nSPS) is 28.8. The van der Waals surface area contributed by atoms with Crippen molar-refractivity contribution in [3.8, 4) is 0 Å². The van der Waals surface area contributed by atoms with Crippen LogP contribution in [-0.4, -0.2) is 18.9 Å². The molecular weight excluding hydrogens is 248 g/mol. The summed E-state index contributed by atoms with van der Waals surface area (Å²) in [6, 6.07) is 3.73. The van der Waals surface area contributed by atoms with Crippen LogP contribution in [0.3, 0.4) is 0 Å². The van der Waals surface area contributed by atoms with Crippen LogP contribution in [0.25, 0.3) is 0 Å². The summed E-state index contributed by atoms with van der Waals surface area (Å²) in [5.74, 6) is 1.64. The van der Waals surface area contributed by atoms with Crippen LogP contribution in [-0.2, 0) is 16.0 Å². The Hall–Kier alpha value is -1.16. The minimum atomic E-state index is -0.251. The van der Waals surface area contributed by atoms with Gasteiger partial charge >= 0.3 is 5.97 Å². The topological polar surface area (TPSA) is 43.4 Å². The smallest absolute Gasteiger partial charge is 0.310 e. The Morgan fingerprint density at radius 3 is 2.72 bits per heavy atom. The SMILES string of the molecule is COC(=O)Cc1ccc(C(=O)C2C3CCCC32)s1. The van der Waals surface area contributed by atoms with E-state index in [9.17, 15) is 9.59 Å². The van der Waals surface area contributed by atoms with Crippen molar-refractivity contribution in [2.45, 2.75) is 25.7 Å². The van der Waals surface area contributed by atoms with Gasteiger partial charge in [0.25, 0.3) is 0 Å². The van der Waals surface area contributed by atoms with Crippen molar-refractivity contribution < 1.29 is 14.3 Å². The highest BCUT2D eigenvalue weighted by atomic mass is 32.1. The molecule has 2 saturated carbocycles. The van der Waals surface area contributed by atoms with E-state index < -0.39 is 0 Å². The van der Waals surface area contributed by atoms with E-state index in [1.807, 2.05) is 12.1 Å². The molecular formula is C14H16O3S. The Morgan fingerprint density at radius 1 is 1.33 bits per heavy atom. The van der Waals surface area contributed by atoms with E-state index in [2.05, 4.69) is 4.74 Å². The van der Waals surface area contributed by atoms with E-state index >= 15 is 0 Å². The summed E-state index contributed by atoms with van der Waals surface area (Å²) in [5, 5.41) is 0. The monoisotopic (exact) mass is 264 g/mol. The van der Waals surface area contributed by atoms with Gasteiger partial charge in [0.1, 0.15) is 0 Å². The van der Waals surface area contributed by atoms with Gasteiger partial charge in [0.2, 0.25) is 0 Å². The summed E-state index contributed by atoms with van der Waals surface area (Å²) in [4.78, 5) is 25.2. The molecule has 4 heteroatoms. The lowest BCUT2D eigenvalue weighted by Crippen LogP contribution is -2.04. The van der Waals surface area contributed by atoms with Gasteiger partial charge < -0.3 is 4.74 Å². The van der Waals surface area contributed by atoms with Gasteiger partial charge in [0.05, 0.1) is 18.4 Å². The zero-order chi connectivity index (χ0) is 12.7. The zero-order valence-corrected chi connectivity index (χ0v) is 11.2. The molecule has 0 spiro atoms. The highest BCUT2D eigenvalue weighted by molar-refractivity contribution is 7.14. The van der Waals surface area contributed by atoms with Crippen LogP contribution in [0.4, 0.5) is 0 Å². The van der Waals surface area contributed by atoms with Gasteiger partial charge in [0.15, 0.2) is 5.78 Å². The number of fused-ring (bicyclic) bond motifs is 1. The van der Waals surface area contributed by atoms with Crippen molar-refractivity contribution in [3.63, 3.8) is 0 Å². The van der Waals surface area contributed by atoms with Crippen LogP contribution in [0.1, 0.15) is 33.8 Å². The third-order valence-electron chi connectivity index (χ3n) is 4.16. The third-order valence-corrected chi connectivity index (χ3v) is 5.26. The van der Waals surface area contributed by atoms with Crippen LogP contribution >= 0.6 is 11.3 Å². The lowest BCUT2D eigenvalue weighted by atomic mass is 10.1. The van der Waals surface area contributed by atoms with Crippen molar-refractivity contribution in [3.05, 3.63) is 21.9 Å².